The van der Waals surface area contributed by atoms with Gasteiger partial charge in [-0.25, -0.2) is 4.79 Å². The summed E-state index contributed by atoms with van der Waals surface area (Å²) in [6.45, 7) is 1.51. The second-order valence-corrected chi connectivity index (χ2v) is 6.52. The van der Waals surface area contributed by atoms with Crippen LogP contribution in [0.1, 0.15) is 18.2 Å². The normalized spacial score (nSPS) is 19.5. The molecule has 1 saturated heterocycles. The fourth-order valence-electron chi connectivity index (χ4n) is 3.19. The lowest BCUT2D eigenvalue weighted by Gasteiger charge is -2.19. The number of non-ortho nitro benzene ring substituents is 1. The first-order valence-corrected chi connectivity index (χ1v) is 8.25. The first-order chi connectivity index (χ1) is 12.9. The van der Waals surface area contributed by atoms with E-state index >= 15 is 0 Å². The Morgan fingerprint density at radius 3 is 2.67 bits per heavy atom. The highest BCUT2D eigenvalue weighted by Gasteiger charge is 2.51. The number of nitro benzene ring substituents is 1. The van der Waals surface area contributed by atoms with Crippen LogP contribution in [-0.2, 0) is 16.9 Å². The lowest BCUT2D eigenvalue weighted by Crippen LogP contribution is -2.40. The third kappa shape index (κ3) is 2.71. The summed E-state index contributed by atoms with van der Waals surface area (Å²) >= 11 is 0. The molecule has 2 heterocycles. The molecule has 4 rings (SSSR count). The molecule has 1 atom stereocenters. The van der Waals surface area contributed by atoms with Crippen LogP contribution >= 0.6 is 0 Å². The topological polar surface area (TPSA) is 106 Å². The molecule has 1 aromatic heterocycles. The zero-order chi connectivity index (χ0) is 19.2. The Labute approximate surface area is 153 Å². The molecule has 3 aromatic rings. The van der Waals surface area contributed by atoms with Crippen LogP contribution in [0.5, 0.6) is 0 Å². The molecule has 0 bridgehead atoms. The first kappa shape index (κ1) is 16.8. The Bertz CT molecular complexity index is 1060. The molecule has 0 aliphatic carbocycles. The molecular weight excluding hydrogens is 350 g/mol. The largest absolute Gasteiger partial charge is 0.458 e. The standard InChI is InChI=1S/C19H15N3O5/c1-19(16-10-13-6-2-3-8-15(13)27-16)17(23)21(18(24)20-19)11-12-5-4-7-14(9-12)22(25)26/h2-10H,11H2,1H3,(H,20,24). The van der Waals surface area contributed by atoms with Gasteiger partial charge in [0.2, 0.25) is 0 Å². The van der Waals surface area contributed by atoms with Gasteiger partial charge in [0, 0.05) is 17.5 Å². The first-order valence-electron chi connectivity index (χ1n) is 8.25. The van der Waals surface area contributed by atoms with Crippen molar-refractivity contribution in [3.05, 3.63) is 76.0 Å². The van der Waals surface area contributed by atoms with Crippen molar-refractivity contribution in [1.82, 2.24) is 10.2 Å². The van der Waals surface area contributed by atoms with Crippen molar-refractivity contribution >= 4 is 28.6 Å². The molecule has 0 saturated carbocycles. The fraction of sp³-hybridized carbons (Fsp3) is 0.158. The Balaban J connectivity index is 1.65. The van der Waals surface area contributed by atoms with Gasteiger partial charge in [-0.05, 0) is 24.6 Å². The van der Waals surface area contributed by atoms with Gasteiger partial charge in [-0.2, -0.15) is 0 Å². The Morgan fingerprint density at radius 2 is 1.93 bits per heavy atom. The minimum atomic E-state index is -1.34. The summed E-state index contributed by atoms with van der Waals surface area (Å²) in [4.78, 5) is 36.9. The fourth-order valence-corrected chi connectivity index (χ4v) is 3.19. The maximum absolute atomic E-state index is 13.0. The smallest absolute Gasteiger partial charge is 0.325 e. The molecule has 8 heteroatoms. The molecule has 3 amide bonds. The number of imide groups is 1. The van der Waals surface area contributed by atoms with Gasteiger partial charge < -0.3 is 9.73 Å². The number of benzene rings is 2. The molecular formula is C19H15N3O5. The molecule has 1 fully saturated rings. The van der Waals surface area contributed by atoms with E-state index in [1.807, 2.05) is 18.2 Å². The quantitative estimate of drug-likeness (QED) is 0.434. The van der Waals surface area contributed by atoms with Gasteiger partial charge in [-0.3, -0.25) is 19.8 Å². The average Bonchev–Trinajstić information content (AvgIpc) is 3.18. The van der Waals surface area contributed by atoms with Crippen LogP contribution < -0.4 is 5.32 Å². The second kappa shape index (κ2) is 5.94. The molecule has 0 radical (unpaired) electrons. The summed E-state index contributed by atoms with van der Waals surface area (Å²) in [6, 6.07) is 14.3. The number of hydrogen-bond acceptors (Lipinski definition) is 5. The van der Waals surface area contributed by atoms with Crippen LogP contribution in [0.3, 0.4) is 0 Å². The minimum Gasteiger partial charge on any atom is -0.458 e. The number of carbonyl (C=O) groups excluding carboxylic acids is 2. The highest BCUT2D eigenvalue weighted by Crippen LogP contribution is 2.33. The number of nitrogens with one attached hydrogen (secondary N) is 1. The monoisotopic (exact) mass is 365 g/mol. The zero-order valence-corrected chi connectivity index (χ0v) is 14.3. The number of hydrogen-bond donors (Lipinski definition) is 1. The molecule has 0 spiro atoms. The summed E-state index contributed by atoms with van der Waals surface area (Å²) < 4.78 is 5.77. The molecule has 1 unspecified atom stereocenters. The molecule has 27 heavy (non-hydrogen) atoms. The molecule has 1 N–H and O–H groups in total. The predicted octanol–water partition coefficient (Wildman–Crippen LogP) is 3.31. The highest BCUT2D eigenvalue weighted by atomic mass is 16.6. The van der Waals surface area contributed by atoms with Crippen LogP contribution in [0.25, 0.3) is 11.0 Å². The second-order valence-electron chi connectivity index (χ2n) is 6.52. The predicted molar refractivity (Wildman–Crippen MR) is 95.7 cm³/mol. The van der Waals surface area contributed by atoms with Crippen molar-refractivity contribution in [2.24, 2.45) is 0 Å². The molecule has 136 valence electrons. The Morgan fingerprint density at radius 1 is 1.15 bits per heavy atom. The number of nitrogens with zero attached hydrogens (tertiary/aromatic N) is 2. The lowest BCUT2D eigenvalue weighted by molar-refractivity contribution is -0.384. The number of urea groups is 1. The van der Waals surface area contributed by atoms with Gasteiger partial charge in [0.25, 0.3) is 11.6 Å². The van der Waals surface area contributed by atoms with E-state index < -0.39 is 22.4 Å². The number of carbonyl (C=O) groups is 2. The van der Waals surface area contributed by atoms with Gasteiger partial charge in [0.1, 0.15) is 11.3 Å². The van der Waals surface area contributed by atoms with E-state index in [1.54, 1.807) is 25.1 Å². The van der Waals surface area contributed by atoms with Crippen molar-refractivity contribution in [3.8, 4) is 0 Å². The van der Waals surface area contributed by atoms with Crippen LogP contribution in [0.15, 0.2) is 59.0 Å². The van der Waals surface area contributed by atoms with Crippen molar-refractivity contribution in [2.75, 3.05) is 0 Å². The summed E-state index contributed by atoms with van der Waals surface area (Å²) in [7, 11) is 0. The minimum absolute atomic E-state index is 0.0673. The highest BCUT2D eigenvalue weighted by molar-refractivity contribution is 6.07. The average molecular weight is 365 g/mol. The maximum atomic E-state index is 13.0. The van der Waals surface area contributed by atoms with Crippen molar-refractivity contribution in [3.63, 3.8) is 0 Å². The molecule has 8 nitrogen and oxygen atoms in total. The van der Waals surface area contributed by atoms with Gasteiger partial charge in [-0.15, -0.1) is 0 Å². The van der Waals surface area contributed by atoms with E-state index in [9.17, 15) is 19.7 Å². The molecule has 1 aliphatic rings. The number of rotatable bonds is 4. The number of para-hydroxylation sites is 1. The molecule has 2 aromatic carbocycles. The van der Waals surface area contributed by atoms with Gasteiger partial charge in [0.15, 0.2) is 5.54 Å². The van der Waals surface area contributed by atoms with Gasteiger partial charge >= 0.3 is 6.03 Å². The van der Waals surface area contributed by atoms with Crippen molar-refractivity contribution in [2.45, 2.75) is 19.0 Å². The van der Waals surface area contributed by atoms with E-state index in [1.165, 1.54) is 18.2 Å². The third-order valence-corrected chi connectivity index (χ3v) is 4.66. The number of furan rings is 1. The summed E-state index contributed by atoms with van der Waals surface area (Å²) in [6.07, 6.45) is 0. The van der Waals surface area contributed by atoms with Gasteiger partial charge in [0.05, 0.1) is 11.5 Å². The number of nitro groups is 1. The van der Waals surface area contributed by atoms with E-state index in [4.69, 9.17) is 4.42 Å². The summed E-state index contributed by atoms with van der Waals surface area (Å²) in [5.74, 6) is -0.137. The number of amides is 3. The lowest BCUT2D eigenvalue weighted by atomic mass is 9.98. The van der Waals surface area contributed by atoms with Crippen molar-refractivity contribution in [1.29, 1.82) is 0 Å². The van der Waals surface area contributed by atoms with Crippen LogP contribution in [-0.4, -0.2) is 21.8 Å². The van der Waals surface area contributed by atoms with Crippen LogP contribution in [0, 0.1) is 10.1 Å². The van der Waals surface area contributed by atoms with Gasteiger partial charge in [-0.1, -0.05) is 30.3 Å². The Hall–Kier alpha value is -3.68. The van der Waals surface area contributed by atoms with E-state index in [-0.39, 0.29) is 12.2 Å². The maximum Gasteiger partial charge on any atom is 0.325 e. The summed E-state index contributed by atoms with van der Waals surface area (Å²) in [5, 5.41) is 14.4. The van der Waals surface area contributed by atoms with Crippen LogP contribution in [0.4, 0.5) is 10.5 Å². The summed E-state index contributed by atoms with van der Waals surface area (Å²) in [5.41, 5.74) is -0.328. The molecule has 1 aliphatic heterocycles. The zero-order valence-electron chi connectivity index (χ0n) is 14.3. The third-order valence-electron chi connectivity index (χ3n) is 4.66. The SMILES string of the molecule is CC1(c2cc3ccccc3o2)NC(=O)N(Cc2cccc([N+](=O)[O-])c2)C1=O. The number of fused-ring (bicyclic) bond motifs is 1. The Kier molecular flexibility index (Phi) is 3.69. The van der Waals surface area contributed by atoms with Crippen LogP contribution in [0.2, 0.25) is 0 Å². The van der Waals surface area contributed by atoms with E-state index in [0.717, 1.165) is 10.3 Å². The van der Waals surface area contributed by atoms with E-state index in [2.05, 4.69) is 5.32 Å². The van der Waals surface area contributed by atoms with Crippen molar-refractivity contribution < 1.29 is 18.9 Å². The van der Waals surface area contributed by atoms with E-state index in [0.29, 0.717) is 16.9 Å².